The third kappa shape index (κ3) is 3.45. The summed E-state index contributed by atoms with van der Waals surface area (Å²) in [7, 11) is 0. The summed E-state index contributed by atoms with van der Waals surface area (Å²) in [6.07, 6.45) is 8.17. The third-order valence-corrected chi connectivity index (χ3v) is 4.61. The monoisotopic (exact) mass is 254 g/mol. The van der Waals surface area contributed by atoms with Crippen LogP contribution in [0.4, 0.5) is 0 Å². The molecule has 4 N–H and O–H groups in total. The molecule has 2 rings (SSSR count). The summed E-state index contributed by atoms with van der Waals surface area (Å²) in [5.74, 6) is 0.590. The normalized spacial score (nSPS) is 37.2. The van der Waals surface area contributed by atoms with Crippen LogP contribution in [0.1, 0.15) is 51.4 Å². The van der Waals surface area contributed by atoms with E-state index in [9.17, 15) is 9.90 Å². The molecule has 0 aromatic carbocycles. The number of aliphatic hydroxyl groups excluding tert-OH is 1. The van der Waals surface area contributed by atoms with Gasteiger partial charge >= 0.3 is 0 Å². The maximum atomic E-state index is 12.2. The molecule has 0 heterocycles. The van der Waals surface area contributed by atoms with Crippen LogP contribution in [-0.4, -0.2) is 29.7 Å². The Morgan fingerprint density at radius 1 is 1.11 bits per heavy atom. The Labute approximate surface area is 109 Å². The Morgan fingerprint density at radius 3 is 2.44 bits per heavy atom. The molecular formula is C14H26N2O2. The highest BCUT2D eigenvalue weighted by Crippen LogP contribution is 2.27. The van der Waals surface area contributed by atoms with E-state index in [0.717, 1.165) is 44.9 Å². The highest BCUT2D eigenvalue weighted by atomic mass is 16.3. The summed E-state index contributed by atoms with van der Waals surface area (Å²) in [6.45, 7) is 0.195. The van der Waals surface area contributed by atoms with E-state index in [2.05, 4.69) is 5.32 Å². The number of rotatable bonds is 3. The molecule has 0 aromatic heterocycles. The van der Waals surface area contributed by atoms with Gasteiger partial charge in [0.25, 0.3) is 0 Å². The standard InChI is InChI=1S/C14H26N2O2/c15-12-7-5-10(6-8-12)14(18)16-13-4-2-1-3-11(13)9-17/h10-13,17H,1-9,15H2,(H,16,18). The smallest absolute Gasteiger partial charge is 0.223 e. The van der Waals surface area contributed by atoms with Crippen molar-refractivity contribution in [3.8, 4) is 0 Å². The lowest BCUT2D eigenvalue weighted by Gasteiger charge is -2.33. The van der Waals surface area contributed by atoms with Crippen molar-refractivity contribution in [2.45, 2.75) is 63.5 Å². The quantitative estimate of drug-likeness (QED) is 0.707. The fourth-order valence-electron chi connectivity index (χ4n) is 3.30. The summed E-state index contributed by atoms with van der Waals surface area (Å²) in [5, 5.41) is 12.5. The summed E-state index contributed by atoms with van der Waals surface area (Å²) in [5.41, 5.74) is 5.86. The fraction of sp³-hybridized carbons (Fsp3) is 0.929. The highest BCUT2D eigenvalue weighted by Gasteiger charge is 2.30. The van der Waals surface area contributed by atoms with E-state index in [1.165, 1.54) is 6.42 Å². The average molecular weight is 254 g/mol. The number of nitrogens with one attached hydrogen (secondary N) is 1. The number of hydrogen-bond donors (Lipinski definition) is 3. The van der Waals surface area contributed by atoms with Gasteiger partial charge in [0.05, 0.1) is 0 Å². The van der Waals surface area contributed by atoms with Gasteiger partial charge in [0.2, 0.25) is 5.91 Å². The predicted molar refractivity (Wildman–Crippen MR) is 70.9 cm³/mol. The van der Waals surface area contributed by atoms with Gasteiger partial charge in [0.15, 0.2) is 0 Å². The molecule has 2 aliphatic carbocycles. The topological polar surface area (TPSA) is 75.4 Å². The van der Waals surface area contributed by atoms with E-state index in [1.807, 2.05) is 0 Å². The molecule has 0 aromatic rings. The molecule has 0 aliphatic heterocycles. The molecule has 2 fully saturated rings. The van der Waals surface area contributed by atoms with Crippen LogP contribution in [0.2, 0.25) is 0 Å². The van der Waals surface area contributed by atoms with Crippen molar-refractivity contribution in [3.63, 3.8) is 0 Å². The highest BCUT2D eigenvalue weighted by molar-refractivity contribution is 5.79. The van der Waals surface area contributed by atoms with Crippen molar-refractivity contribution < 1.29 is 9.90 Å². The molecule has 0 saturated heterocycles. The third-order valence-electron chi connectivity index (χ3n) is 4.61. The zero-order chi connectivity index (χ0) is 13.0. The number of carbonyl (C=O) groups is 1. The van der Waals surface area contributed by atoms with Crippen LogP contribution in [0, 0.1) is 11.8 Å². The Bertz CT molecular complexity index is 275. The van der Waals surface area contributed by atoms with Gasteiger partial charge in [-0.2, -0.15) is 0 Å². The summed E-state index contributed by atoms with van der Waals surface area (Å²) in [6, 6.07) is 0.473. The summed E-state index contributed by atoms with van der Waals surface area (Å²) >= 11 is 0. The van der Waals surface area contributed by atoms with Gasteiger partial charge in [-0.15, -0.1) is 0 Å². The molecule has 2 saturated carbocycles. The zero-order valence-corrected chi connectivity index (χ0v) is 11.1. The van der Waals surface area contributed by atoms with Crippen LogP contribution in [0.5, 0.6) is 0 Å². The molecule has 0 spiro atoms. The summed E-state index contributed by atoms with van der Waals surface area (Å²) < 4.78 is 0. The van der Waals surface area contributed by atoms with Crippen molar-refractivity contribution >= 4 is 5.91 Å². The number of nitrogens with two attached hydrogens (primary N) is 1. The first-order chi connectivity index (χ1) is 8.70. The van der Waals surface area contributed by atoms with Crippen LogP contribution in [0.15, 0.2) is 0 Å². The van der Waals surface area contributed by atoms with Crippen molar-refractivity contribution in [3.05, 3.63) is 0 Å². The zero-order valence-electron chi connectivity index (χ0n) is 11.1. The number of hydrogen-bond acceptors (Lipinski definition) is 3. The first-order valence-electron chi connectivity index (χ1n) is 7.37. The Morgan fingerprint density at radius 2 is 1.78 bits per heavy atom. The second-order valence-corrected chi connectivity index (χ2v) is 5.95. The molecule has 4 heteroatoms. The molecule has 104 valence electrons. The molecule has 1 amide bonds. The minimum atomic E-state index is 0.145. The van der Waals surface area contributed by atoms with E-state index in [4.69, 9.17) is 5.73 Å². The first-order valence-corrected chi connectivity index (χ1v) is 7.37. The van der Waals surface area contributed by atoms with Crippen molar-refractivity contribution in [1.82, 2.24) is 5.32 Å². The van der Waals surface area contributed by atoms with E-state index in [-0.39, 0.29) is 36.4 Å². The van der Waals surface area contributed by atoms with E-state index in [1.54, 1.807) is 0 Å². The number of aliphatic hydroxyl groups is 1. The van der Waals surface area contributed by atoms with Gasteiger partial charge in [-0.1, -0.05) is 12.8 Å². The second-order valence-electron chi connectivity index (χ2n) is 5.95. The largest absolute Gasteiger partial charge is 0.396 e. The van der Waals surface area contributed by atoms with Crippen molar-refractivity contribution in [2.24, 2.45) is 17.6 Å². The first kappa shape index (κ1) is 13.8. The lowest BCUT2D eigenvalue weighted by Crippen LogP contribution is -2.46. The minimum absolute atomic E-state index is 0.145. The van der Waals surface area contributed by atoms with Gasteiger partial charge in [-0.05, 0) is 38.5 Å². The van der Waals surface area contributed by atoms with Crippen molar-refractivity contribution in [1.29, 1.82) is 0 Å². The molecule has 2 aliphatic rings. The predicted octanol–water partition coefficient (Wildman–Crippen LogP) is 1.17. The maximum Gasteiger partial charge on any atom is 0.223 e. The van der Waals surface area contributed by atoms with Gasteiger partial charge in [-0.25, -0.2) is 0 Å². The van der Waals surface area contributed by atoms with Crippen LogP contribution < -0.4 is 11.1 Å². The summed E-state index contributed by atoms with van der Waals surface area (Å²) in [4.78, 5) is 12.2. The Kier molecular flexibility index (Phi) is 5.01. The van der Waals surface area contributed by atoms with Gasteiger partial charge in [-0.3, -0.25) is 4.79 Å². The molecule has 18 heavy (non-hydrogen) atoms. The lowest BCUT2D eigenvalue weighted by molar-refractivity contribution is -0.127. The van der Waals surface area contributed by atoms with Gasteiger partial charge in [0.1, 0.15) is 0 Å². The van der Waals surface area contributed by atoms with Gasteiger partial charge < -0.3 is 16.2 Å². The van der Waals surface area contributed by atoms with E-state index < -0.39 is 0 Å². The van der Waals surface area contributed by atoms with Crippen LogP contribution in [0.25, 0.3) is 0 Å². The fourth-order valence-corrected chi connectivity index (χ4v) is 3.30. The molecule has 4 nitrogen and oxygen atoms in total. The van der Waals surface area contributed by atoms with E-state index >= 15 is 0 Å². The SMILES string of the molecule is NC1CCC(C(=O)NC2CCCCC2CO)CC1. The van der Waals surface area contributed by atoms with Crippen molar-refractivity contribution in [2.75, 3.05) is 6.61 Å². The van der Waals surface area contributed by atoms with Crippen LogP contribution in [-0.2, 0) is 4.79 Å². The minimum Gasteiger partial charge on any atom is -0.396 e. The maximum absolute atomic E-state index is 12.2. The van der Waals surface area contributed by atoms with Crippen LogP contribution >= 0.6 is 0 Å². The molecule has 0 bridgehead atoms. The molecule has 2 atom stereocenters. The average Bonchev–Trinajstić information content (AvgIpc) is 2.40. The van der Waals surface area contributed by atoms with Crippen LogP contribution in [0.3, 0.4) is 0 Å². The van der Waals surface area contributed by atoms with Gasteiger partial charge in [0, 0.05) is 30.5 Å². The number of amides is 1. The Balaban J connectivity index is 1.82. The molecule has 0 radical (unpaired) electrons. The Hall–Kier alpha value is -0.610. The number of carbonyl (C=O) groups excluding carboxylic acids is 1. The molecule has 2 unspecified atom stereocenters. The second kappa shape index (κ2) is 6.53. The van der Waals surface area contributed by atoms with E-state index in [0.29, 0.717) is 0 Å². The molecular weight excluding hydrogens is 228 g/mol. The lowest BCUT2D eigenvalue weighted by atomic mass is 9.83.